The highest BCUT2D eigenvalue weighted by Crippen LogP contribution is 2.17. The summed E-state index contributed by atoms with van der Waals surface area (Å²) in [5.74, 6) is 0.805. The number of benzene rings is 1. The van der Waals surface area contributed by atoms with Crippen LogP contribution in [0.25, 0.3) is 0 Å². The first-order chi connectivity index (χ1) is 12.5. The second kappa shape index (κ2) is 9.81. The van der Waals surface area contributed by atoms with E-state index < -0.39 is 5.97 Å². The van der Waals surface area contributed by atoms with Gasteiger partial charge in [-0.2, -0.15) is 0 Å². The first-order valence-corrected chi connectivity index (χ1v) is 9.11. The molecule has 0 spiro atoms. The molecule has 0 atom stereocenters. The molecular formula is C17H22N4O4S. The number of rotatable bonds is 9. The van der Waals surface area contributed by atoms with Crippen LogP contribution in [-0.2, 0) is 28.0 Å². The van der Waals surface area contributed by atoms with Crippen LogP contribution >= 0.6 is 11.8 Å². The molecule has 8 nitrogen and oxygen atoms in total. The van der Waals surface area contributed by atoms with E-state index in [0.29, 0.717) is 11.0 Å². The molecule has 0 aliphatic heterocycles. The first-order valence-electron chi connectivity index (χ1n) is 8.12. The summed E-state index contributed by atoms with van der Waals surface area (Å²) in [6.45, 7) is 4.16. The third kappa shape index (κ3) is 6.07. The summed E-state index contributed by atoms with van der Waals surface area (Å²) in [6, 6.07) is 7.74. The van der Waals surface area contributed by atoms with Crippen molar-refractivity contribution in [2.24, 2.45) is 7.05 Å². The maximum Gasteiger partial charge on any atom is 0.325 e. The standard InChI is InChI=1S/C17H22N4O4S/c1-4-24-16(23)9-18-15(22)11-26-17-20-19-14(21(17)3)10-25-13-7-5-12(2)6-8-13/h5-8H,4,9-11H2,1-3H3,(H,18,22). The fourth-order valence-corrected chi connectivity index (χ4v) is 2.70. The van der Waals surface area contributed by atoms with Gasteiger partial charge in [0.2, 0.25) is 5.91 Å². The molecule has 2 aromatic rings. The Morgan fingerprint density at radius 3 is 2.65 bits per heavy atom. The first kappa shape index (κ1) is 19.8. The minimum Gasteiger partial charge on any atom is -0.486 e. The minimum atomic E-state index is -0.458. The Bertz CT molecular complexity index is 746. The van der Waals surface area contributed by atoms with E-state index in [9.17, 15) is 9.59 Å². The molecule has 1 heterocycles. The molecular weight excluding hydrogens is 356 g/mol. The highest BCUT2D eigenvalue weighted by Gasteiger charge is 2.13. The van der Waals surface area contributed by atoms with Crippen molar-refractivity contribution >= 4 is 23.6 Å². The summed E-state index contributed by atoms with van der Waals surface area (Å²) < 4.78 is 12.2. The van der Waals surface area contributed by atoms with Gasteiger partial charge in [0.05, 0.1) is 12.4 Å². The number of aromatic nitrogens is 3. The average molecular weight is 378 g/mol. The summed E-state index contributed by atoms with van der Waals surface area (Å²) in [5.41, 5.74) is 1.16. The van der Waals surface area contributed by atoms with E-state index in [2.05, 4.69) is 15.5 Å². The summed E-state index contributed by atoms with van der Waals surface area (Å²) in [7, 11) is 1.81. The molecule has 0 aliphatic carbocycles. The van der Waals surface area contributed by atoms with Gasteiger partial charge in [-0.1, -0.05) is 29.5 Å². The van der Waals surface area contributed by atoms with E-state index in [1.54, 1.807) is 11.5 Å². The Kier molecular flexibility index (Phi) is 7.46. The van der Waals surface area contributed by atoms with Gasteiger partial charge < -0.3 is 19.4 Å². The minimum absolute atomic E-state index is 0.129. The number of nitrogens with one attached hydrogen (secondary N) is 1. The zero-order valence-corrected chi connectivity index (χ0v) is 15.8. The molecule has 0 fully saturated rings. The lowest BCUT2D eigenvalue weighted by molar-refractivity contribution is -0.143. The Balaban J connectivity index is 1.79. The number of nitrogens with zero attached hydrogens (tertiary/aromatic N) is 3. The van der Waals surface area contributed by atoms with Crippen LogP contribution in [-0.4, -0.2) is 45.5 Å². The van der Waals surface area contributed by atoms with Gasteiger partial charge in [0.15, 0.2) is 11.0 Å². The Labute approximate surface area is 156 Å². The van der Waals surface area contributed by atoms with Gasteiger partial charge in [0.25, 0.3) is 0 Å². The second-order valence-corrected chi connectivity index (χ2v) is 6.37. The number of thioether (sulfide) groups is 1. The molecule has 1 N–H and O–H groups in total. The number of hydrogen-bond donors (Lipinski definition) is 1. The van der Waals surface area contributed by atoms with Crippen molar-refractivity contribution in [2.45, 2.75) is 25.6 Å². The summed E-state index contributed by atoms with van der Waals surface area (Å²) >= 11 is 1.23. The monoisotopic (exact) mass is 378 g/mol. The van der Waals surface area contributed by atoms with Crippen LogP contribution in [0.2, 0.25) is 0 Å². The van der Waals surface area contributed by atoms with Gasteiger partial charge in [-0.15, -0.1) is 10.2 Å². The quantitative estimate of drug-likeness (QED) is 0.521. The summed E-state index contributed by atoms with van der Waals surface area (Å²) in [5, 5.41) is 11.2. The molecule has 26 heavy (non-hydrogen) atoms. The number of hydrogen-bond acceptors (Lipinski definition) is 7. The van der Waals surface area contributed by atoms with Crippen molar-refractivity contribution < 1.29 is 19.1 Å². The van der Waals surface area contributed by atoms with E-state index in [-0.39, 0.29) is 31.4 Å². The van der Waals surface area contributed by atoms with Gasteiger partial charge in [-0.25, -0.2) is 0 Å². The number of aryl methyl sites for hydroxylation is 1. The second-order valence-electron chi connectivity index (χ2n) is 5.43. The van der Waals surface area contributed by atoms with Crippen LogP contribution in [0.15, 0.2) is 29.4 Å². The predicted molar refractivity (Wildman–Crippen MR) is 96.9 cm³/mol. The summed E-state index contributed by atoms with van der Waals surface area (Å²) in [4.78, 5) is 23.0. The van der Waals surface area contributed by atoms with Crippen molar-refractivity contribution in [1.29, 1.82) is 0 Å². The molecule has 1 aromatic heterocycles. The van der Waals surface area contributed by atoms with Crippen molar-refractivity contribution in [1.82, 2.24) is 20.1 Å². The van der Waals surface area contributed by atoms with Gasteiger partial charge in [0, 0.05) is 7.05 Å². The van der Waals surface area contributed by atoms with Crippen LogP contribution in [0, 0.1) is 6.92 Å². The fourth-order valence-electron chi connectivity index (χ4n) is 1.94. The van der Waals surface area contributed by atoms with Crippen LogP contribution in [0.5, 0.6) is 5.75 Å². The Hall–Kier alpha value is -2.55. The van der Waals surface area contributed by atoms with Crippen molar-refractivity contribution in [3.8, 4) is 5.75 Å². The van der Waals surface area contributed by atoms with Gasteiger partial charge >= 0.3 is 5.97 Å². The molecule has 0 unspecified atom stereocenters. The van der Waals surface area contributed by atoms with E-state index in [1.165, 1.54) is 11.8 Å². The number of ether oxygens (including phenoxy) is 2. The molecule has 0 aliphatic rings. The normalized spacial score (nSPS) is 10.4. The molecule has 0 radical (unpaired) electrons. The van der Waals surface area contributed by atoms with E-state index in [0.717, 1.165) is 11.3 Å². The highest BCUT2D eigenvalue weighted by atomic mass is 32.2. The van der Waals surface area contributed by atoms with Crippen LogP contribution in [0.3, 0.4) is 0 Å². The lowest BCUT2D eigenvalue weighted by Crippen LogP contribution is -2.31. The van der Waals surface area contributed by atoms with Gasteiger partial charge in [-0.3, -0.25) is 9.59 Å². The molecule has 9 heteroatoms. The molecule has 0 saturated carbocycles. The van der Waals surface area contributed by atoms with Crippen LogP contribution in [0.4, 0.5) is 0 Å². The van der Waals surface area contributed by atoms with Crippen LogP contribution in [0.1, 0.15) is 18.3 Å². The maximum absolute atomic E-state index is 11.8. The lowest BCUT2D eigenvalue weighted by atomic mass is 10.2. The third-order valence-electron chi connectivity index (χ3n) is 3.38. The Morgan fingerprint density at radius 2 is 1.96 bits per heavy atom. The average Bonchev–Trinajstić information content (AvgIpc) is 2.98. The predicted octanol–water partition coefficient (Wildman–Crippen LogP) is 1.47. The zero-order chi connectivity index (χ0) is 18.9. The fraction of sp³-hybridized carbons (Fsp3) is 0.412. The molecule has 140 valence electrons. The molecule has 2 rings (SSSR count). The van der Waals surface area contributed by atoms with E-state index in [4.69, 9.17) is 9.47 Å². The molecule has 1 aromatic carbocycles. The lowest BCUT2D eigenvalue weighted by Gasteiger charge is -2.07. The van der Waals surface area contributed by atoms with Crippen molar-refractivity contribution in [3.63, 3.8) is 0 Å². The highest BCUT2D eigenvalue weighted by molar-refractivity contribution is 7.99. The topological polar surface area (TPSA) is 95.3 Å². The molecule has 0 saturated heterocycles. The molecule has 1 amide bonds. The largest absolute Gasteiger partial charge is 0.486 e. The maximum atomic E-state index is 11.8. The van der Waals surface area contributed by atoms with Crippen LogP contribution < -0.4 is 10.1 Å². The number of amides is 1. The third-order valence-corrected chi connectivity index (χ3v) is 4.40. The van der Waals surface area contributed by atoms with Crippen molar-refractivity contribution in [2.75, 3.05) is 18.9 Å². The smallest absolute Gasteiger partial charge is 0.325 e. The zero-order valence-electron chi connectivity index (χ0n) is 15.0. The number of carbonyl (C=O) groups is 2. The Morgan fingerprint density at radius 1 is 1.23 bits per heavy atom. The SMILES string of the molecule is CCOC(=O)CNC(=O)CSc1nnc(COc2ccc(C)cc2)n1C. The summed E-state index contributed by atoms with van der Waals surface area (Å²) in [6.07, 6.45) is 0. The van der Waals surface area contributed by atoms with E-state index in [1.807, 2.05) is 38.2 Å². The van der Waals surface area contributed by atoms with Gasteiger partial charge in [-0.05, 0) is 26.0 Å². The molecule has 0 bridgehead atoms. The van der Waals surface area contributed by atoms with Crippen molar-refractivity contribution in [3.05, 3.63) is 35.7 Å². The van der Waals surface area contributed by atoms with E-state index >= 15 is 0 Å². The number of carbonyl (C=O) groups excluding carboxylic acids is 2. The van der Waals surface area contributed by atoms with Gasteiger partial charge in [0.1, 0.15) is 18.9 Å². The number of esters is 1.